The minimum absolute atomic E-state index is 0. The van der Waals surface area contributed by atoms with Crippen LogP contribution in [0.1, 0.15) is 27.2 Å². The van der Waals surface area contributed by atoms with Crippen LogP contribution in [0.4, 0.5) is 10.1 Å². The molecule has 1 aromatic carbocycles. The monoisotopic (exact) mass is 385 g/mol. The molecule has 1 fully saturated rings. The number of rotatable bonds is 3. The van der Waals surface area contributed by atoms with Gasteiger partial charge >= 0.3 is 5.69 Å². The van der Waals surface area contributed by atoms with Crippen molar-refractivity contribution in [2.45, 2.75) is 39.3 Å². The highest BCUT2D eigenvalue weighted by Crippen LogP contribution is 2.32. The number of benzene rings is 1. The van der Waals surface area contributed by atoms with E-state index < -0.39 is 17.1 Å². The van der Waals surface area contributed by atoms with Crippen LogP contribution in [0.3, 0.4) is 0 Å². The highest BCUT2D eigenvalue weighted by atomic mass is 35.5. The third kappa shape index (κ3) is 3.19. The van der Waals surface area contributed by atoms with Gasteiger partial charge in [-0.3, -0.25) is 9.36 Å². The van der Waals surface area contributed by atoms with E-state index in [2.05, 4.69) is 0 Å². The van der Waals surface area contributed by atoms with Crippen molar-refractivity contribution in [1.82, 2.24) is 9.24 Å². The van der Waals surface area contributed by atoms with Crippen molar-refractivity contribution >= 4 is 29.0 Å². The second kappa shape index (κ2) is 6.92. The second-order valence-electron chi connectivity index (χ2n) is 7.28. The van der Waals surface area contributed by atoms with Crippen LogP contribution in [-0.4, -0.2) is 27.9 Å². The predicted molar refractivity (Wildman–Crippen MR) is 104 cm³/mol. The fourth-order valence-corrected chi connectivity index (χ4v) is 3.53. The summed E-state index contributed by atoms with van der Waals surface area (Å²) in [6.45, 7) is 7.36. The molecule has 2 heterocycles. The Hall–Kier alpha value is -2.06. The van der Waals surface area contributed by atoms with Crippen molar-refractivity contribution < 1.29 is 4.39 Å². The van der Waals surface area contributed by atoms with Gasteiger partial charge in [-0.15, -0.1) is 12.4 Å². The number of hydrogen-bond acceptors (Lipinski definition) is 5. The molecule has 0 bridgehead atoms. The molecule has 26 heavy (non-hydrogen) atoms. The van der Waals surface area contributed by atoms with Crippen molar-refractivity contribution in [3.63, 3.8) is 0 Å². The van der Waals surface area contributed by atoms with Gasteiger partial charge in [0.05, 0.1) is 16.6 Å². The van der Waals surface area contributed by atoms with Crippen LogP contribution in [0.5, 0.6) is 0 Å². The van der Waals surface area contributed by atoms with Crippen LogP contribution < -0.4 is 27.7 Å². The Bertz CT molecular complexity index is 947. The molecule has 0 spiro atoms. The zero-order valence-corrected chi connectivity index (χ0v) is 16.0. The average Bonchev–Trinajstić information content (AvgIpc) is 3.03. The quantitative estimate of drug-likeness (QED) is 0.768. The summed E-state index contributed by atoms with van der Waals surface area (Å²) < 4.78 is 16.6. The van der Waals surface area contributed by atoms with Crippen molar-refractivity contribution in [3.8, 4) is 0 Å². The first-order valence-corrected chi connectivity index (χ1v) is 8.43. The molecule has 2 aromatic rings. The molecule has 7 nitrogen and oxygen atoms in total. The van der Waals surface area contributed by atoms with E-state index >= 15 is 0 Å². The molecule has 0 amide bonds. The average molecular weight is 386 g/mol. The van der Waals surface area contributed by atoms with Gasteiger partial charge in [0, 0.05) is 25.2 Å². The normalized spacial score (nSPS) is 17.6. The van der Waals surface area contributed by atoms with Gasteiger partial charge in [0.25, 0.3) is 5.56 Å². The number of anilines is 1. The Balaban J connectivity index is 0.00000243. The number of halogens is 2. The van der Waals surface area contributed by atoms with Crippen molar-refractivity contribution in [2.24, 2.45) is 11.7 Å². The van der Waals surface area contributed by atoms with E-state index in [4.69, 9.17) is 11.6 Å². The number of nitrogens with zero attached hydrogens (tertiary/aromatic N) is 3. The van der Waals surface area contributed by atoms with Crippen LogP contribution in [0.25, 0.3) is 10.9 Å². The number of aryl methyl sites for hydroxylation is 1. The van der Waals surface area contributed by atoms with Gasteiger partial charge in [-0.05, 0) is 45.2 Å². The molecule has 0 radical (unpaired) electrons. The summed E-state index contributed by atoms with van der Waals surface area (Å²) in [7, 11) is 0. The molecule has 144 valence electrons. The summed E-state index contributed by atoms with van der Waals surface area (Å²) >= 11 is 0. The van der Waals surface area contributed by atoms with Crippen molar-refractivity contribution in [3.05, 3.63) is 38.8 Å². The molecule has 1 atom stereocenters. The van der Waals surface area contributed by atoms with E-state index in [1.807, 2.05) is 18.7 Å². The molecule has 4 N–H and O–H groups in total. The maximum atomic E-state index is 14.7. The lowest BCUT2D eigenvalue weighted by molar-refractivity contribution is 0.348. The Labute approximate surface area is 156 Å². The van der Waals surface area contributed by atoms with Gasteiger partial charge in [-0.25, -0.2) is 9.18 Å². The van der Waals surface area contributed by atoms with Gasteiger partial charge in [0.2, 0.25) is 0 Å². The van der Waals surface area contributed by atoms with Crippen molar-refractivity contribution in [1.29, 1.82) is 0 Å². The smallest absolute Gasteiger partial charge is 0.350 e. The second-order valence-corrected chi connectivity index (χ2v) is 7.28. The minimum Gasteiger partial charge on any atom is -0.369 e. The maximum Gasteiger partial charge on any atom is 0.350 e. The van der Waals surface area contributed by atoms with Crippen molar-refractivity contribution in [2.75, 3.05) is 23.8 Å². The molecule has 1 aromatic heterocycles. The van der Waals surface area contributed by atoms with E-state index in [1.54, 1.807) is 13.0 Å². The van der Waals surface area contributed by atoms with Gasteiger partial charge < -0.3 is 16.5 Å². The van der Waals surface area contributed by atoms with Gasteiger partial charge in [-0.1, -0.05) is 0 Å². The molecule has 0 saturated carbocycles. The SMILES string of the molecule is CCn1c(=O)n(N)c(=O)c2cc(F)c(N3CCC(C(C)(C)N)C3)cc21.Cl. The summed E-state index contributed by atoms with van der Waals surface area (Å²) in [5, 5.41) is 0.0973. The minimum atomic E-state index is -0.697. The van der Waals surface area contributed by atoms with Crippen LogP contribution in [-0.2, 0) is 6.54 Å². The number of aromatic nitrogens is 2. The highest BCUT2D eigenvalue weighted by molar-refractivity contribution is 5.85. The molecule has 0 aliphatic carbocycles. The van der Waals surface area contributed by atoms with E-state index in [9.17, 15) is 14.0 Å². The Morgan fingerprint density at radius 3 is 2.50 bits per heavy atom. The Kier molecular flexibility index (Phi) is 5.39. The van der Waals surface area contributed by atoms with Crippen LogP contribution in [0, 0.1) is 11.7 Å². The zero-order valence-electron chi connectivity index (χ0n) is 15.2. The fraction of sp³-hybridized carbons (Fsp3) is 0.529. The molecular formula is C17H25ClFN5O2. The number of fused-ring (bicyclic) bond motifs is 1. The Morgan fingerprint density at radius 1 is 1.31 bits per heavy atom. The van der Waals surface area contributed by atoms with Crippen LogP contribution in [0.15, 0.2) is 21.7 Å². The largest absolute Gasteiger partial charge is 0.369 e. The first-order chi connectivity index (χ1) is 11.6. The van der Waals surface area contributed by atoms with Gasteiger partial charge in [-0.2, -0.15) is 4.68 Å². The topological polar surface area (TPSA) is 99.3 Å². The molecule has 1 unspecified atom stereocenters. The first-order valence-electron chi connectivity index (χ1n) is 8.43. The summed E-state index contributed by atoms with van der Waals surface area (Å²) in [4.78, 5) is 26.3. The van der Waals surface area contributed by atoms with Crippen LogP contribution >= 0.6 is 12.4 Å². The standard InChI is InChI=1S/C17H24FN5O2.ClH/c1-4-22-13-8-14(21-6-5-10(9-21)17(2,3)19)12(18)7-11(13)15(24)23(20)16(22)25;/h7-8,10H,4-6,9,19-20H2,1-3H3;1H. The molecule has 1 aliphatic rings. The molecule has 9 heteroatoms. The van der Waals surface area contributed by atoms with E-state index in [0.29, 0.717) is 35.5 Å². The fourth-order valence-electron chi connectivity index (χ4n) is 3.53. The van der Waals surface area contributed by atoms with Gasteiger partial charge in [0.1, 0.15) is 5.82 Å². The lowest BCUT2D eigenvalue weighted by atomic mass is 9.88. The summed E-state index contributed by atoms with van der Waals surface area (Å²) in [5.41, 5.74) is 5.31. The predicted octanol–water partition coefficient (Wildman–Crippen LogP) is 1.02. The number of hydrogen-bond donors (Lipinski definition) is 2. The van der Waals surface area contributed by atoms with E-state index in [0.717, 1.165) is 6.42 Å². The maximum absolute atomic E-state index is 14.7. The lowest BCUT2D eigenvalue weighted by Gasteiger charge is -2.27. The van der Waals surface area contributed by atoms with E-state index in [-0.39, 0.29) is 29.3 Å². The zero-order chi connectivity index (χ0) is 18.5. The van der Waals surface area contributed by atoms with Crippen LogP contribution in [0.2, 0.25) is 0 Å². The first kappa shape index (κ1) is 20.3. The van der Waals surface area contributed by atoms with Gasteiger partial charge in [0.15, 0.2) is 0 Å². The lowest BCUT2D eigenvalue weighted by Crippen LogP contribution is -2.44. The summed E-state index contributed by atoms with van der Waals surface area (Å²) in [6, 6.07) is 2.74. The summed E-state index contributed by atoms with van der Waals surface area (Å²) in [6.07, 6.45) is 0.867. The number of nitrogen functional groups attached to an aromatic ring is 1. The molecule has 1 aliphatic heterocycles. The third-order valence-corrected chi connectivity index (χ3v) is 5.14. The molecule has 3 rings (SSSR count). The highest BCUT2D eigenvalue weighted by Gasteiger charge is 2.33. The van der Waals surface area contributed by atoms with E-state index in [1.165, 1.54) is 10.6 Å². The third-order valence-electron chi connectivity index (χ3n) is 5.14. The Morgan fingerprint density at radius 2 is 1.96 bits per heavy atom. The molecule has 1 saturated heterocycles. The molecular weight excluding hydrogens is 361 g/mol. The number of nitrogens with two attached hydrogens (primary N) is 2. The summed E-state index contributed by atoms with van der Waals surface area (Å²) in [5.74, 6) is 5.27.